The Bertz CT molecular complexity index is 794. The van der Waals surface area contributed by atoms with E-state index in [0.29, 0.717) is 5.56 Å². The Morgan fingerprint density at radius 3 is 2.19 bits per heavy atom. The van der Waals surface area contributed by atoms with Gasteiger partial charge in [-0.05, 0) is 53.2 Å². The molecule has 0 aliphatic carbocycles. The van der Waals surface area contributed by atoms with Crippen molar-refractivity contribution in [1.29, 1.82) is 0 Å². The van der Waals surface area contributed by atoms with Gasteiger partial charge in [0, 0.05) is 24.0 Å². The Balaban J connectivity index is 2.00. The zero-order chi connectivity index (χ0) is 14.8. The van der Waals surface area contributed by atoms with Crippen molar-refractivity contribution in [2.75, 3.05) is 11.9 Å². The molecule has 0 saturated carbocycles. The number of rotatable bonds is 3. The van der Waals surface area contributed by atoms with Gasteiger partial charge in [0.2, 0.25) is 0 Å². The maximum atomic E-state index is 10.8. The number of fused-ring (bicyclic) bond motifs is 1. The quantitative estimate of drug-likeness (QED) is 0.732. The molecule has 0 bridgehead atoms. The van der Waals surface area contributed by atoms with Crippen molar-refractivity contribution in [2.45, 2.75) is 0 Å². The second-order valence-corrected chi connectivity index (χ2v) is 4.98. The predicted molar refractivity (Wildman–Crippen MR) is 85.5 cm³/mol. The van der Waals surface area contributed by atoms with Gasteiger partial charge in [0.1, 0.15) is 12.0 Å². The second-order valence-electron chi connectivity index (χ2n) is 4.98. The SMILES string of the molecule is CN(c1ccc(O)cc1)c1ccc2cc(C=O)ccc2c1. The Kier molecular flexibility index (Phi) is 3.32. The summed E-state index contributed by atoms with van der Waals surface area (Å²) in [5.41, 5.74) is 2.73. The molecule has 0 unspecified atom stereocenters. The van der Waals surface area contributed by atoms with E-state index >= 15 is 0 Å². The summed E-state index contributed by atoms with van der Waals surface area (Å²) < 4.78 is 0. The van der Waals surface area contributed by atoms with Crippen LogP contribution >= 0.6 is 0 Å². The van der Waals surface area contributed by atoms with Gasteiger partial charge >= 0.3 is 0 Å². The minimum Gasteiger partial charge on any atom is -0.508 e. The summed E-state index contributed by atoms with van der Waals surface area (Å²) in [7, 11) is 1.98. The van der Waals surface area contributed by atoms with Crippen LogP contribution < -0.4 is 4.90 Å². The van der Waals surface area contributed by atoms with Crippen LogP contribution in [0.1, 0.15) is 10.4 Å². The van der Waals surface area contributed by atoms with Crippen LogP contribution in [0.3, 0.4) is 0 Å². The second kappa shape index (κ2) is 5.29. The van der Waals surface area contributed by atoms with Crippen LogP contribution in [0.25, 0.3) is 10.8 Å². The van der Waals surface area contributed by atoms with Gasteiger partial charge in [-0.1, -0.05) is 18.2 Å². The summed E-state index contributed by atoms with van der Waals surface area (Å²) in [4.78, 5) is 12.9. The number of carbonyl (C=O) groups is 1. The molecular formula is C18H15NO2. The minimum atomic E-state index is 0.257. The number of aldehydes is 1. The number of hydrogen-bond donors (Lipinski definition) is 1. The molecule has 1 N–H and O–H groups in total. The lowest BCUT2D eigenvalue weighted by Crippen LogP contribution is -2.08. The maximum absolute atomic E-state index is 10.8. The van der Waals surface area contributed by atoms with Gasteiger partial charge in [0.15, 0.2) is 0 Å². The highest BCUT2D eigenvalue weighted by Gasteiger charge is 2.05. The van der Waals surface area contributed by atoms with Gasteiger partial charge < -0.3 is 10.0 Å². The number of phenolic OH excluding ortho intramolecular Hbond substituents is 1. The van der Waals surface area contributed by atoms with E-state index < -0.39 is 0 Å². The molecule has 0 aromatic heterocycles. The highest BCUT2D eigenvalue weighted by atomic mass is 16.3. The number of phenols is 1. The fraction of sp³-hybridized carbons (Fsp3) is 0.0556. The largest absolute Gasteiger partial charge is 0.508 e. The lowest BCUT2D eigenvalue weighted by atomic mass is 10.1. The average molecular weight is 277 g/mol. The molecule has 0 spiro atoms. The van der Waals surface area contributed by atoms with Gasteiger partial charge in [-0.15, -0.1) is 0 Å². The van der Waals surface area contributed by atoms with Crippen molar-refractivity contribution >= 4 is 28.4 Å². The number of nitrogens with zero attached hydrogens (tertiary/aromatic N) is 1. The molecule has 0 fully saturated rings. The van der Waals surface area contributed by atoms with Crippen molar-refractivity contribution in [2.24, 2.45) is 0 Å². The van der Waals surface area contributed by atoms with E-state index in [-0.39, 0.29) is 5.75 Å². The first-order valence-electron chi connectivity index (χ1n) is 6.69. The first-order valence-corrected chi connectivity index (χ1v) is 6.69. The van der Waals surface area contributed by atoms with Crippen molar-refractivity contribution in [3.8, 4) is 5.75 Å². The summed E-state index contributed by atoms with van der Waals surface area (Å²) in [6.07, 6.45) is 0.857. The molecule has 0 aliphatic heterocycles. The normalized spacial score (nSPS) is 10.5. The van der Waals surface area contributed by atoms with Crippen LogP contribution in [0.4, 0.5) is 11.4 Å². The predicted octanol–water partition coefficient (Wildman–Crippen LogP) is 4.13. The van der Waals surface area contributed by atoms with Crippen LogP contribution in [0.2, 0.25) is 0 Å². The molecule has 0 atom stereocenters. The molecule has 21 heavy (non-hydrogen) atoms. The molecule has 0 saturated heterocycles. The van der Waals surface area contributed by atoms with Gasteiger partial charge in [-0.2, -0.15) is 0 Å². The monoisotopic (exact) mass is 277 g/mol. The van der Waals surface area contributed by atoms with E-state index in [1.54, 1.807) is 12.1 Å². The lowest BCUT2D eigenvalue weighted by Gasteiger charge is -2.20. The Hall–Kier alpha value is -2.81. The fourth-order valence-corrected chi connectivity index (χ4v) is 2.36. The Morgan fingerprint density at radius 2 is 1.48 bits per heavy atom. The van der Waals surface area contributed by atoms with Crippen LogP contribution in [0, 0.1) is 0 Å². The highest BCUT2D eigenvalue weighted by molar-refractivity contribution is 5.91. The molecule has 3 aromatic rings. The topological polar surface area (TPSA) is 40.5 Å². The van der Waals surface area contributed by atoms with Gasteiger partial charge in [0.25, 0.3) is 0 Å². The third-order valence-corrected chi connectivity index (χ3v) is 3.61. The van der Waals surface area contributed by atoms with Crippen molar-refractivity contribution in [3.05, 3.63) is 66.2 Å². The van der Waals surface area contributed by atoms with Crippen LogP contribution in [-0.2, 0) is 0 Å². The molecule has 0 aliphatic rings. The first kappa shape index (κ1) is 13.2. The lowest BCUT2D eigenvalue weighted by molar-refractivity contribution is 0.112. The molecule has 0 heterocycles. The molecule has 3 rings (SSSR count). The molecular weight excluding hydrogens is 262 g/mol. The standard InChI is InChI=1S/C18H15NO2/c1-19(16-6-8-18(21)9-7-16)17-5-4-14-10-13(12-20)2-3-15(14)11-17/h2-12,21H,1H3. The van der Waals surface area contributed by atoms with Gasteiger partial charge in [-0.25, -0.2) is 0 Å². The number of benzene rings is 3. The maximum Gasteiger partial charge on any atom is 0.150 e. The summed E-state index contributed by atoms with van der Waals surface area (Å²) in [6, 6.07) is 18.8. The molecule has 104 valence electrons. The Labute approximate surface area is 123 Å². The van der Waals surface area contributed by atoms with Crippen LogP contribution in [0.15, 0.2) is 60.7 Å². The number of aromatic hydroxyl groups is 1. The van der Waals surface area contributed by atoms with E-state index in [1.807, 2.05) is 54.4 Å². The van der Waals surface area contributed by atoms with Gasteiger partial charge in [0.05, 0.1) is 0 Å². The molecule has 0 radical (unpaired) electrons. The van der Waals surface area contributed by atoms with Crippen LogP contribution in [0.5, 0.6) is 5.75 Å². The average Bonchev–Trinajstić information content (AvgIpc) is 2.54. The number of anilines is 2. The molecule has 3 nitrogen and oxygen atoms in total. The third-order valence-electron chi connectivity index (χ3n) is 3.61. The highest BCUT2D eigenvalue weighted by Crippen LogP contribution is 2.28. The van der Waals surface area contributed by atoms with Crippen LogP contribution in [-0.4, -0.2) is 18.4 Å². The third kappa shape index (κ3) is 2.58. The van der Waals surface area contributed by atoms with Gasteiger partial charge in [-0.3, -0.25) is 4.79 Å². The molecule has 0 amide bonds. The van der Waals surface area contributed by atoms with E-state index in [0.717, 1.165) is 28.4 Å². The summed E-state index contributed by atoms with van der Waals surface area (Å²) in [5, 5.41) is 11.5. The number of hydrogen-bond acceptors (Lipinski definition) is 3. The van der Waals surface area contributed by atoms with Crippen molar-refractivity contribution in [1.82, 2.24) is 0 Å². The zero-order valence-corrected chi connectivity index (χ0v) is 11.7. The summed E-state index contributed by atoms with van der Waals surface area (Å²) >= 11 is 0. The van der Waals surface area contributed by atoms with Crippen molar-refractivity contribution < 1.29 is 9.90 Å². The van der Waals surface area contributed by atoms with E-state index in [9.17, 15) is 9.90 Å². The first-order chi connectivity index (χ1) is 10.2. The summed E-state index contributed by atoms with van der Waals surface area (Å²) in [6.45, 7) is 0. The fourth-order valence-electron chi connectivity index (χ4n) is 2.36. The molecule has 3 heteroatoms. The summed E-state index contributed by atoms with van der Waals surface area (Å²) in [5.74, 6) is 0.257. The smallest absolute Gasteiger partial charge is 0.150 e. The van der Waals surface area contributed by atoms with E-state index in [2.05, 4.69) is 6.07 Å². The van der Waals surface area contributed by atoms with E-state index in [1.165, 1.54) is 0 Å². The Morgan fingerprint density at radius 1 is 0.857 bits per heavy atom. The number of carbonyl (C=O) groups excluding carboxylic acids is 1. The zero-order valence-electron chi connectivity index (χ0n) is 11.7. The minimum absolute atomic E-state index is 0.257. The molecule has 3 aromatic carbocycles. The van der Waals surface area contributed by atoms with Crippen molar-refractivity contribution in [3.63, 3.8) is 0 Å². The van der Waals surface area contributed by atoms with E-state index in [4.69, 9.17) is 0 Å².